The van der Waals surface area contributed by atoms with Crippen molar-refractivity contribution < 1.29 is 13.5 Å². The van der Waals surface area contributed by atoms with Gasteiger partial charge >= 0.3 is 6.01 Å². The Bertz CT molecular complexity index is 622. The van der Waals surface area contributed by atoms with Crippen molar-refractivity contribution >= 4 is 5.95 Å². The van der Waals surface area contributed by atoms with Crippen LogP contribution in [-0.4, -0.2) is 28.1 Å². The second-order valence-electron chi connectivity index (χ2n) is 4.25. The Hall–Kier alpha value is -2.31. The first-order chi connectivity index (χ1) is 10.1. The maximum Gasteiger partial charge on any atom is 0.321 e. The molecule has 5 nitrogen and oxygen atoms in total. The molecule has 0 saturated carbocycles. The Morgan fingerprint density at radius 1 is 1.14 bits per heavy atom. The summed E-state index contributed by atoms with van der Waals surface area (Å²) in [7, 11) is 0. The zero-order valence-corrected chi connectivity index (χ0v) is 11.9. The van der Waals surface area contributed by atoms with E-state index in [-0.39, 0.29) is 17.4 Å². The number of hydrogen-bond acceptors (Lipinski definition) is 5. The molecule has 0 unspecified atom stereocenters. The summed E-state index contributed by atoms with van der Waals surface area (Å²) in [6.07, 6.45) is 0.885. The van der Waals surface area contributed by atoms with E-state index in [0.717, 1.165) is 18.6 Å². The van der Waals surface area contributed by atoms with Gasteiger partial charge in [0, 0.05) is 12.6 Å². The third-order valence-corrected chi connectivity index (χ3v) is 2.59. The molecule has 0 aliphatic rings. The number of halogens is 2. The van der Waals surface area contributed by atoms with Gasteiger partial charge in [0.2, 0.25) is 5.95 Å². The zero-order valence-electron chi connectivity index (χ0n) is 11.9. The average molecular weight is 294 g/mol. The van der Waals surface area contributed by atoms with Crippen LogP contribution in [0.1, 0.15) is 20.3 Å². The van der Waals surface area contributed by atoms with Crippen molar-refractivity contribution in [1.82, 2.24) is 15.0 Å². The molecule has 0 fully saturated rings. The number of hydrogen-bond donors (Lipinski definition) is 1. The maximum atomic E-state index is 13.8. The maximum absolute atomic E-state index is 13.8. The molecule has 0 radical (unpaired) electrons. The normalized spacial score (nSPS) is 10.5. The van der Waals surface area contributed by atoms with E-state index < -0.39 is 11.6 Å². The smallest absolute Gasteiger partial charge is 0.321 e. The van der Waals surface area contributed by atoms with Gasteiger partial charge in [-0.1, -0.05) is 6.92 Å². The van der Waals surface area contributed by atoms with E-state index in [4.69, 9.17) is 4.74 Å². The van der Waals surface area contributed by atoms with E-state index in [0.29, 0.717) is 19.1 Å². The molecule has 112 valence electrons. The van der Waals surface area contributed by atoms with Gasteiger partial charge < -0.3 is 10.1 Å². The van der Waals surface area contributed by atoms with E-state index in [2.05, 4.69) is 20.3 Å². The molecule has 0 bridgehead atoms. The molecular weight excluding hydrogens is 278 g/mol. The van der Waals surface area contributed by atoms with Crippen molar-refractivity contribution in [3.8, 4) is 17.4 Å². The molecule has 2 aromatic rings. The van der Waals surface area contributed by atoms with Gasteiger partial charge in [-0.3, -0.25) is 0 Å². The Balaban J connectivity index is 2.43. The fourth-order valence-electron chi connectivity index (χ4n) is 1.66. The lowest BCUT2D eigenvalue weighted by molar-refractivity contribution is 0.312. The summed E-state index contributed by atoms with van der Waals surface area (Å²) in [5.41, 5.74) is 0.0966. The van der Waals surface area contributed by atoms with E-state index in [9.17, 15) is 8.78 Å². The van der Waals surface area contributed by atoms with Gasteiger partial charge in [0.05, 0.1) is 12.2 Å². The van der Waals surface area contributed by atoms with Crippen molar-refractivity contribution in [2.75, 3.05) is 18.5 Å². The van der Waals surface area contributed by atoms with Gasteiger partial charge in [0.25, 0.3) is 0 Å². The van der Waals surface area contributed by atoms with E-state index in [1.165, 1.54) is 6.07 Å². The fourth-order valence-corrected chi connectivity index (χ4v) is 1.66. The van der Waals surface area contributed by atoms with Crippen molar-refractivity contribution in [3.05, 3.63) is 29.8 Å². The minimum atomic E-state index is -0.731. The zero-order chi connectivity index (χ0) is 15.2. The topological polar surface area (TPSA) is 59.9 Å². The number of rotatable bonds is 6. The summed E-state index contributed by atoms with van der Waals surface area (Å²) in [4.78, 5) is 12.3. The van der Waals surface area contributed by atoms with Crippen LogP contribution in [0.5, 0.6) is 6.01 Å². The first-order valence-electron chi connectivity index (χ1n) is 6.72. The lowest BCUT2D eigenvalue weighted by Crippen LogP contribution is -2.09. The first-order valence-corrected chi connectivity index (χ1v) is 6.72. The molecule has 0 amide bonds. The summed E-state index contributed by atoms with van der Waals surface area (Å²) in [6.45, 7) is 4.84. The Morgan fingerprint density at radius 2 is 1.95 bits per heavy atom. The molecule has 1 heterocycles. The quantitative estimate of drug-likeness (QED) is 0.887. The second-order valence-corrected chi connectivity index (χ2v) is 4.25. The fraction of sp³-hybridized carbons (Fsp3) is 0.357. The Morgan fingerprint density at radius 3 is 2.62 bits per heavy atom. The summed E-state index contributed by atoms with van der Waals surface area (Å²) in [5.74, 6) is -0.983. The minimum absolute atomic E-state index is 0.0966. The standard InChI is InChI=1S/C14H16F2N4O/c1-3-7-17-13-18-12(19-14(20-13)21-4-2)10-6-5-9(15)8-11(10)16/h5-6,8H,3-4,7H2,1-2H3,(H,17,18,19,20). The molecule has 7 heteroatoms. The van der Waals surface area contributed by atoms with Gasteiger partial charge in [-0.2, -0.15) is 15.0 Å². The van der Waals surface area contributed by atoms with Crippen LogP contribution in [0.2, 0.25) is 0 Å². The van der Waals surface area contributed by atoms with Crippen LogP contribution in [0.15, 0.2) is 18.2 Å². The number of nitrogens with one attached hydrogen (secondary N) is 1. The number of anilines is 1. The second kappa shape index (κ2) is 6.92. The summed E-state index contributed by atoms with van der Waals surface area (Å²) >= 11 is 0. The largest absolute Gasteiger partial charge is 0.464 e. The molecule has 21 heavy (non-hydrogen) atoms. The van der Waals surface area contributed by atoms with Gasteiger partial charge in [-0.25, -0.2) is 8.78 Å². The molecule has 0 saturated heterocycles. The number of benzene rings is 1. The van der Waals surface area contributed by atoms with Gasteiger partial charge in [-0.05, 0) is 25.5 Å². The van der Waals surface area contributed by atoms with Crippen molar-refractivity contribution in [2.24, 2.45) is 0 Å². The molecule has 1 N–H and O–H groups in total. The number of aromatic nitrogens is 3. The lowest BCUT2D eigenvalue weighted by atomic mass is 10.2. The number of nitrogens with zero attached hydrogens (tertiary/aromatic N) is 3. The monoisotopic (exact) mass is 294 g/mol. The molecule has 0 atom stereocenters. The molecule has 0 aliphatic carbocycles. The highest BCUT2D eigenvalue weighted by molar-refractivity contribution is 5.57. The van der Waals surface area contributed by atoms with E-state index >= 15 is 0 Å². The molecule has 2 rings (SSSR count). The van der Waals surface area contributed by atoms with Gasteiger partial charge in [-0.15, -0.1) is 0 Å². The van der Waals surface area contributed by atoms with Crippen LogP contribution in [0.25, 0.3) is 11.4 Å². The molecule has 0 aliphatic heterocycles. The van der Waals surface area contributed by atoms with Gasteiger partial charge in [0.15, 0.2) is 5.82 Å². The SMILES string of the molecule is CCCNc1nc(OCC)nc(-c2ccc(F)cc2F)n1. The highest BCUT2D eigenvalue weighted by Gasteiger charge is 2.13. The highest BCUT2D eigenvalue weighted by Crippen LogP contribution is 2.22. The van der Waals surface area contributed by atoms with Crippen LogP contribution in [0.3, 0.4) is 0 Å². The predicted octanol–water partition coefficient (Wildman–Crippen LogP) is 3.04. The van der Waals surface area contributed by atoms with Crippen molar-refractivity contribution in [2.45, 2.75) is 20.3 Å². The van der Waals surface area contributed by atoms with Crippen LogP contribution >= 0.6 is 0 Å². The summed E-state index contributed by atoms with van der Waals surface area (Å²) < 4.78 is 32.1. The van der Waals surface area contributed by atoms with Crippen LogP contribution in [-0.2, 0) is 0 Å². The summed E-state index contributed by atoms with van der Waals surface area (Å²) in [5, 5.41) is 3.00. The van der Waals surface area contributed by atoms with Crippen LogP contribution in [0, 0.1) is 11.6 Å². The third kappa shape index (κ3) is 3.84. The van der Waals surface area contributed by atoms with E-state index in [1.54, 1.807) is 6.92 Å². The lowest BCUT2D eigenvalue weighted by Gasteiger charge is -2.09. The van der Waals surface area contributed by atoms with Crippen LogP contribution in [0.4, 0.5) is 14.7 Å². The van der Waals surface area contributed by atoms with Gasteiger partial charge in [0.1, 0.15) is 11.6 Å². The minimum Gasteiger partial charge on any atom is -0.464 e. The van der Waals surface area contributed by atoms with Crippen molar-refractivity contribution in [3.63, 3.8) is 0 Å². The molecule has 1 aromatic carbocycles. The van der Waals surface area contributed by atoms with Crippen LogP contribution < -0.4 is 10.1 Å². The average Bonchev–Trinajstić information content (AvgIpc) is 2.45. The third-order valence-electron chi connectivity index (χ3n) is 2.59. The Labute approximate surface area is 121 Å². The predicted molar refractivity (Wildman–Crippen MR) is 75.1 cm³/mol. The first kappa shape index (κ1) is 15.1. The molecule has 0 spiro atoms. The number of ether oxygens (including phenoxy) is 1. The highest BCUT2D eigenvalue weighted by atomic mass is 19.1. The summed E-state index contributed by atoms with van der Waals surface area (Å²) in [6, 6.07) is 3.34. The van der Waals surface area contributed by atoms with Crippen molar-refractivity contribution in [1.29, 1.82) is 0 Å². The Kier molecular flexibility index (Phi) is 4.97. The molecular formula is C14H16F2N4O. The molecule has 1 aromatic heterocycles. The van der Waals surface area contributed by atoms with E-state index in [1.807, 2.05) is 6.92 Å².